The summed E-state index contributed by atoms with van der Waals surface area (Å²) in [7, 11) is 1.62. The number of aromatic nitrogens is 3. The highest BCUT2D eigenvalue weighted by Crippen LogP contribution is 2.18. The maximum atomic E-state index is 12.6. The zero-order valence-corrected chi connectivity index (χ0v) is 15.9. The van der Waals surface area contributed by atoms with Crippen LogP contribution in [-0.2, 0) is 18.0 Å². The third-order valence-corrected chi connectivity index (χ3v) is 4.54. The molecule has 0 aliphatic rings. The van der Waals surface area contributed by atoms with Crippen molar-refractivity contribution in [1.82, 2.24) is 14.5 Å². The monoisotopic (exact) mass is 395 g/mol. The highest BCUT2D eigenvalue weighted by Gasteiger charge is 2.07. The van der Waals surface area contributed by atoms with Gasteiger partial charge in [-0.2, -0.15) is 0 Å². The number of fused-ring (bicyclic) bond motifs is 1. The van der Waals surface area contributed by atoms with Gasteiger partial charge in [0.1, 0.15) is 24.8 Å². The van der Waals surface area contributed by atoms with Gasteiger partial charge in [-0.3, -0.25) is 9.36 Å². The van der Waals surface area contributed by atoms with Crippen LogP contribution < -0.4 is 10.3 Å². The third kappa shape index (κ3) is 3.93. The molecule has 0 saturated heterocycles. The van der Waals surface area contributed by atoms with Crippen molar-refractivity contribution < 1.29 is 9.47 Å². The molecule has 28 heavy (non-hydrogen) atoms. The summed E-state index contributed by atoms with van der Waals surface area (Å²) in [6, 6.07) is 16.3. The van der Waals surface area contributed by atoms with Crippen LogP contribution in [0.5, 0.6) is 5.75 Å². The molecule has 2 aromatic carbocycles. The summed E-state index contributed by atoms with van der Waals surface area (Å²) in [5.74, 6) is 1.26. The van der Waals surface area contributed by atoms with Gasteiger partial charge in [-0.25, -0.2) is 4.98 Å². The van der Waals surface area contributed by atoms with Crippen LogP contribution in [-0.4, -0.2) is 21.6 Å². The lowest BCUT2D eigenvalue weighted by atomic mass is 10.2. The molecule has 0 saturated carbocycles. The van der Waals surface area contributed by atoms with Gasteiger partial charge in [0.15, 0.2) is 0 Å². The van der Waals surface area contributed by atoms with Crippen LogP contribution >= 0.6 is 11.6 Å². The molecule has 4 rings (SSSR count). The molecule has 7 heteroatoms. The van der Waals surface area contributed by atoms with Crippen LogP contribution in [0.2, 0.25) is 5.02 Å². The molecule has 1 N–H and O–H groups in total. The van der Waals surface area contributed by atoms with Crippen molar-refractivity contribution in [3.63, 3.8) is 0 Å². The van der Waals surface area contributed by atoms with E-state index in [9.17, 15) is 4.79 Å². The summed E-state index contributed by atoms with van der Waals surface area (Å²) in [5, 5.41) is 0.676. The van der Waals surface area contributed by atoms with Crippen molar-refractivity contribution in [2.45, 2.75) is 13.2 Å². The van der Waals surface area contributed by atoms with Crippen molar-refractivity contribution in [2.24, 2.45) is 0 Å². The molecule has 0 radical (unpaired) electrons. The number of halogens is 1. The Bertz CT molecular complexity index is 1170. The zero-order chi connectivity index (χ0) is 19.5. The Labute approximate surface area is 166 Å². The molecule has 0 bridgehead atoms. The second-order valence-corrected chi connectivity index (χ2v) is 6.74. The summed E-state index contributed by atoms with van der Waals surface area (Å²) in [4.78, 5) is 20.2. The molecule has 0 atom stereocenters. The van der Waals surface area contributed by atoms with Gasteiger partial charge >= 0.3 is 0 Å². The van der Waals surface area contributed by atoms with Gasteiger partial charge < -0.3 is 14.5 Å². The molecule has 0 amide bonds. The van der Waals surface area contributed by atoms with Gasteiger partial charge in [-0.05, 0) is 42.0 Å². The number of hydrogen-bond donors (Lipinski definition) is 1. The molecular formula is C21H18ClN3O3. The van der Waals surface area contributed by atoms with Crippen molar-refractivity contribution in [3.8, 4) is 11.4 Å². The molecule has 142 valence electrons. The number of nitrogens with zero attached hydrogens (tertiary/aromatic N) is 2. The lowest BCUT2D eigenvalue weighted by Crippen LogP contribution is -2.16. The Hall–Kier alpha value is -3.09. The number of benzene rings is 2. The Balaban J connectivity index is 1.54. The Morgan fingerprint density at radius 1 is 1.07 bits per heavy atom. The average molecular weight is 396 g/mol. The van der Waals surface area contributed by atoms with Gasteiger partial charge in [0.05, 0.1) is 16.7 Å². The van der Waals surface area contributed by atoms with Gasteiger partial charge in [-0.15, -0.1) is 0 Å². The maximum Gasteiger partial charge on any atom is 0.258 e. The molecule has 0 aliphatic carbocycles. The smallest absolute Gasteiger partial charge is 0.258 e. The molecular weight excluding hydrogens is 378 g/mol. The number of H-pyrrole nitrogens is 1. The molecule has 0 spiro atoms. The lowest BCUT2D eigenvalue weighted by molar-refractivity contribution is 0.179. The number of hydrogen-bond acceptors (Lipinski definition) is 4. The van der Waals surface area contributed by atoms with Gasteiger partial charge in [0.25, 0.3) is 5.56 Å². The van der Waals surface area contributed by atoms with E-state index in [-0.39, 0.29) is 5.56 Å². The first kappa shape index (κ1) is 18.3. The molecule has 2 aromatic heterocycles. The number of ether oxygens (including phenoxy) is 2. The first-order valence-corrected chi connectivity index (χ1v) is 9.08. The van der Waals surface area contributed by atoms with Crippen LogP contribution in [0.4, 0.5) is 0 Å². The SMILES string of the molecule is COCc1nc2ccc(-n3ccc(OCc4ccc(Cl)cc4)cc3=O)cc2[nH]1. The quantitative estimate of drug-likeness (QED) is 0.533. The molecule has 4 aromatic rings. The molecule has 0 fully saturated rings. The van der Waals surface area contributed by atoms with Crippen LogP contribution in [0.25, 0.3) is 16.7 Å². The van der Waals surface area contributed by atoms with E-state index in [2.05, 4.69) is 9.97 Å². The second kappa shape index (κ2) is 7.88. The summed E-state index contributed by atoms with van der Waals surface area (Å²) < 4.78 is 12.4. The highest BCUT2D eigenvalue weighted by molar-refractivity contribution is 6.30. The van der Waals surface area contributed by atoms with Crippen molar-refractivity contribution in [3.05, 3.63) is 87.6 Å². The topological polar surface area (TPSA) is 69.1 Å². The normalized spacial score (nSPS) is 11.1. The number of methoxy groups -OCH3 is 1. The zero-order valence-electron chi connectivity index (χ0n) is 15.2. The fourth-order valence-corrected chi connectivity index (χ4v) is 3.04. The second-order valence-electron chi connectivity index (χ2n) is 6.30. The van der Waals surface area contributed by atoms with Gasteiger partial charge in [0, 0.05) is 24.4 Å². The minimum atomic E-state index is -0.176. The van der Waals surface area contributed by atoms with E-state index in [1.165, 1.54) is 6.07 Å². The Morgan fingerprint density at radius 3 is 2.64 bits per heavy atom. The van der Waals surface area contributed by atoms with Crippen molar-refractivity contribution in [1.29, 1.82) is 0 Å². The van der Waals surface area contributed by atoms with Crippen molar-refractivity contribution in [2.75, 3.05) is 7.11 Å². The van der Waals surface area contributed by atoms with Gasteiger partial charge in [0.2, 0.25) is 0 Å². The molecule has 2 heterocycles. The maximum absolute atomic E-state index is 12.6. The van der Waals surface area contributed by atoms with E-state index in [1.54, 1.807) is 23.9 Å². The fraction of sp³-hybridized carbons (Fsp3) is 0.143. The van der Waals surface area contributed by atoms with Crippen LogP contribution in [0.15, 0.2) is 65.6 Å². The largest absolute Gasteiger partial charge is 0.489 e. The molecule has 0 unspecified atom stereocenters. The predicted molar refractivity (Wildman–Crippen MR) is 108 cm³/mol. The molecule has 6 nitrogen and oxygen atoms in total. The molecule has 0 aliphatic heterocycles. The first-order chi connectivity index (χ1) is 13.6. The highest BCUT2D eigenvalue weighted by atomic mass is 35.5. The lowest BCUT2D eigenvalue weighted by Gasteiger charge is -2.09. The number of rotatable bonds is 6. The van der Waals surface area contributed by atoms with E-state index >= 15 is 0 Å². The number of aromatic amines is 1. The van der Waals surface area contributed by atoms with E-state index in [4.69, 9.17) is 21.1 Å². The minimum absolute atomic E-state index is 0.176. The number of imidazole rings is 1. The number of nitrogens with one attached hydrogen (secondary N) is 1. The van der Waals surface area contributed by atoms with E-state index in [0.29, 0.717) is 24.0 Å². The van der Waals surface area contributed by atoms with E-state index in [0.717, 1.165) is 28.1 Å². The average Bonchev–Trinajstić information content (AvgIpc) is 3.09. The summed E-state index contributed by atoms with van der Waals surface area (Å²) >= 11 is 5.88. The van der Waals surface area contributed by atoms with Crippen molar-refractivity contribution >= 4 is 22.6 Å². The van der Waals surface area contributed by atoms with E-state index < -0.39 is 0 Å². The van der Waals surface area contributed by atoms with E-state index in [1.807, 2.05) is 42.5 Å². The van der Waals surface area contributed by atoms with Crippen LogP contribution in [0, 0.1) is 0 Å². The Kier molecular flexibility index (Phi) is 5.14. The summed E-state index contributed by atoms with van der Waals surface area (Å²) in [6.45, 7) is 0.770. The van der Waals surface area contributed by atoms with Crippen LogP contribution in [0.1, 0.15) is 11.4 Å². The Morgan fingerprint density at radius 2 is 1.89 bits per heavy atom. The predicted octanol–water partition coefficient (Wildman–Crippen LogP) is 4.09. The third-order valence-electron chi connectivity index (χ3n) is 4.28. The van der Waals surface area contributed by atoms with Crippen LogP contribution in [0.3, 0.4) is 0 Å². The minimum Gasteiger partial charge on any atom is -0.489 e. The van der Waals surface area contributed by atoms with Gasteiger partial charge in [-0.1, -0.05) is 23.7 Å². The standard InChI is InChI=1S/C21H18ClN3O3/c1-27-13-20-23-18-7-6-16(10-19(18)24-20)25-9-8-17(11-21(25)26)28-12-14-2-4-15(22)5-3-14/h2-11H,12-13H2,1H3,(H,23,24). The fourth-order valence-electron chi connectivity index (χ4n) is 2.92. The summed E-state index contributed by atoms with van der Waals surface area (Å²) in [6.07, 6.45) is 1.70. The first-order valence-electron chi connectivity index (χ1n) is 8.70. The number of pyridine rings is 1. The summed E-state index contributed by atoms with van der Waals surface area (Å²) in [5.41, 5.74) is 3.22.